The molecule has 3 rings (SSSR count). The second-order valence-electron chi connectivity index (χ2n) is 5.72. The molecular formula is C18H18F3N2+. The molecule has 0 saturated carbocycles. The maximum Gasteiger partial charge on any atom is 0.416 e. The van der Waals surface area contributed by atoms with Gasteiger partial charge in [-0.2, -0.15) is 13.2 Å². The van der Waals surface area contributed by atoms with Gasteiger partial charge in [-0.25, -0.2) is 0 Å². The van der Waals surface area contributed by atoms with E-state index < -0.39 is 11.7 Å². The molecule has 120 valence electrons. The summed E-state index contributed by atoms with van der Waals surface area (Å²) in [6.45, 7) is 2.82. The van der Waals surface area contributed by atoms with Crippen LogP contribution in [0.1, 0.15) is 25.3 Å². The molecule has 0 aliphatic carbocycles. The van der Waals surface area contributed by atoms with Crippen LogP contribution < -0.4 is 4.59 Å². The highest BCUT2D eigenvalue weighted by Gasteiger charge is 2.34. The third kappa shape index (κ3) is 2.88. The monoisotopic (exact) mass is 319 g/mol. The molecule has 0 N–H and O–H groups in total. The van der Waals surface area contributed by atoms with Gasteiger partial charge in [0.15, 0.2) is 5.69 Å². The summed E-state index contributed by atoms with van der Waals surface area (Å²) in [6, 6.07) is 9.47. The molecule has 2 aromatic carbocycles. The third-order valence-electron chi connectivity index (χ3n) is 4.15. The maximum atomic E-state index is 13.1. The minimum absolute atomic E-state index is 0.229. The van der Waals surface area contributed by atoms with Gasteiger partial charge in [0, 0.05) is 17.5 Å². The van der Waals surface area contributed by atoms with Crippen LogP contribution in [0.3, 0.4) is 0 Å². The van der Waals surface area contributed by atoms with E-state index in [0.29, 0.717) is 5.39 Å². The molecule has 0 bridgehead atoms. The molecule has 2 nitrogen and oxygen atoms in total. The van der Waals surface area contributed by atoms with Crippen molar-refractivity contribution in [2.45, 2.75) is 25.9 Å². The first-order valence-electron chi connectivity index (χ1n) is 7.68. The smallest absolute Gasteiger partial charge is 0.166 e. The lowest BCUT2D eigenvalue weighted by atomic mass is 10.0. The van der Waals surface area contributed by atoms with Crippen molar-refractivity contribution in [3.05, 3.63) is 54.2 Å². The summed E-state index contributed by atoms with van der Waals surface area (Å²) >= 11 is 0. The van der Waals surface area contributed by atoms with Crippen molar-refractivity contribution in [2.24, 2.45) is 5.10 Å². The molecule has 0 saturated heterocycles. The lowest BCUT2D eigenvalue weighted by Gasteiger charge is -2.26. The quantitative estimate of drug-likeness (QED) is 0.662. The maximum absolute atomic E-state index is 13.1. The number of nitrogens with zero attached hydrogens (tertiary/aromatic N) is 2. The Bertz CT molecular complexity index is 763. The molecule has 0 amide bonds. The van der Waals surface area contributed by atoms with Crippen LogP contribution in [0.25, 0.3) is 10.8 Å². The van der Waals surface area contributed by atoms with E-state index in [9.17, 15) is 13.2 Å². The first-order valence-corrected chi connectivity index (χ1v) is 7.68. The van der Waals surface area contributed by atoms with E-state index in [4.69, 9.17) is 0 Å². The van der Waals surface area contributed by atoms with Crippen LogP contribution in [0.2, 0.25) is 0 Å². The number of alkyl halides is 3. The molecule has 1 atom stereocenters. The molecule has 1 unspecified atom stereocenters. The highest BCUT2D eigenvalue weighted by atomic mass is 19.4. The molecular weight excluding hydrogens is 301 g/mol. The molecule has 0 radical (unpaired) electrons. The topological polar surface area (TPSA) is 12.4 Å². The van der Waals surface area contributed by atoms with E-state index in [2.05, 4.69) is 12.0 Å². The summed E-state index contributed by atoms with van der Waals surface area (Å²) < 4.78 is 39.5. The predicted molar refractivity (Wildman–Crippen MR) is 88.2 cm³/mol. The number of allylic oxidation sites excluding steroid dienone is 1. The van der Waals surface area contributed by atoms with Crippen LogP contribution in [0.4, 0.5) is 18.9 Å². The Kier molecular flexibility index (Phi) is 3.98. The Morgan fingerprint density at radius 3 is 2.61 bits per heavy atom. The van der Waals surface area contributed by atoms with Crippen LogP contribution >= 0.6 is 0 Å². The number of fused-ring (bicyclic) bond motifs is 1. The molecule has 1 heterocycles. The van der Waals surface area contributed by atoms with Crippen molar-refractivity contribution in [3.8, 4) is 0 Å². The Hall–Kier alpha value is -2.14. The lowest BCUT2D eigenvalue weighted by Crippen LogP contribution is -2.37. The lowest BCUT2D eigenvalue weighted by molar-refractivity contribution is -0.137. The van der Waals surface area contributed by atoms with E-state index in [-0.39, 0.29) is 4.59 Å². The average molecular weight is 319 g/mol. The fraction of sp³-hybridized carbons (Fsp3) is 0.278. The Labute approximate surface area is 133 Å². The van der Waals surface area contributed by atoms with Crippen LogP contribution in [0, 0.1) is 0 Å². The largest absolute Gasteiger partial charge is 0.416 e. The standard InChI is InChI=1S/C18H18F3N2/c1-2-3-11-23(12-5-10-22-23)17-7-4-6-14-8-9-15(13-16(14)17)18(19,20)21/h4-10,12-13H,2-3,11H2,1H3/q+1. The van der Waals surface area contributed by atoms with Gasteiger partial charge < -0.3 is 0 Å². The van der Waals surface area contributed by atoms with Gasteiger partial charge in [-0.3, -0.25) is 0 Å². The van der Waals surface area contributed by atoms with Crippen molar-refractivity contribution >= 4 is 22.7 Å². The van der Waals surface area contributed by atoms with Gasteiger partial charge in [0.05, 0.1) is 11.8 Å². The average Bonchev–Trinajstić information content (AvgIpc) is 3.01. The molecule has 1 aliphatic rings. The van der Waals surface area contributed by atoms with Crippen molar-refractivity contribution in [2.75, 3.05) is 6.54 Å². The molecule has 0 spiro atoms. The fourth-order valence-corrected chi connectivity index (χ4v) is 2.94. The van der Waals surface area contributed by atoms with Crippen molar-refractivity contribution in [1.82, 2.24) is 4.59 Å². The highest BCUT2D eigenvalue weighted by Crippen LogP contribution is 2.38. The number of hydrogen-bond donors (Lipinski definition) is 0. The minimum atomic E-state index is -4.35. The summed E-state index contributed by atoms with van der Waals surface area (Å²) in [6.07, 6.45) is 3.09. The molecule has 1 aliphatic heterocycles. The number of hydrogen-bond acceptors (Lipinski definition) is 1. The zero-order chi connectivity index (χ0) is 16.5. The van der Waals surface area contributed by atoms with Crippen molar-refractivity contribution < 1.29 is 13.2 Å². The van der Waals surface area contributed by atoms with E-state index in [1.54, 1.807) is 6.21 Å². The number of benzene rings is 2. The first kappa shape index (κ1) is 15.7. The van der Waals surface area contributed by atoms with Crippen molar-refractivity contribution in [3.63, 3.8) is 0 Å². The van der Waals surface area contributed by atoms with Crippen LogP contribution in [-0.2, 0) is 6.18 Å². The summed E-state index contributed by atoms with van der Waals surface area (Å²) in [7, 11) is 0. The number of rotatable bonds is 4. The Morgan fingerprint density at radius 2 is 1.96 bits per heavy atom. The minimum Gasteiger partial charge on any atom is -0.166 e. The summed E-state index contributed by atoms with van der Waals surface area (Å²) in [5, 5.41) is 5.93. The van der Waals surface area contributed by atoms with E-state index in [0.717, 1.165) is 36.5 Å². The number of halogens is 3. The summed E-state index contributed by atoms with van der Waals surface area (Å²) in [5.41, 5.74) is 0.158. The summed E-state index contributed by atoms with van der Waals surface area (Å²) in [5.74, 6) is 0. The normalized spacial score (nSPS) is 20.5. The second-order valence-corrected chi connectivity index (χ2v) is 5.72. The van der Waals surface area contributed by atoms with Gasteiger partial charge in [0.2, 0.25) is 0 Å². The molecule has 0 aromatic heterocycles. The van der Waals surface area contributed by atoms with Gasteiger partial charge in [-0.1, -0.05) is 36.6 Å². The zero-order valence-electron chi connectivity index (χ0n) is 12.8. The van der Waals surface area contributed by atoms with Crippen LogP contribution in [0.5, 0.6) is 0 Å². The molecule has 5 heteroatoms. The van der Waals surface area contributed by atoms with Gasteiger partial charge in [0.25, 0.3) is 0 Å². The van der Waals surface area contributed by atoms with Crippen LogP contribution in [-0.4, -0.2) is 12.8 Å². The second kappa shape index (κ2) is 5.81. The molecule has 2 aromatic rings. The Balaban J connectivity index is 2.20. The van der Waals surface area contributed by atoms with Crippen molar-refractivity contribution in [1.29, 1.82) is 0 Å². The zero-order valence-corrected chi connectivity index (χ0v) is 12.8. The molecule has 0 fully saturated rings. The van der Waals surface area contributed by atoms with Gasteiger partial charge in [-0.15, -0.1) is 4.59 Å². The first-order chi connectivity index (χ1) is 11.0. The number of quaternary nitrogens is 1. The highest BCUT2D eigenvalue weighted by molar-refractivity contribution is 5.95. The van der Waals surface area contributed by atoms with Gasteiger partial charge in [0.1, 0.15) is 12.7 Å². The van der Waals surface area contributed by atoms with E-state index >= 15 is 0 Å². The van der Waals surface area contributed by atoms with E-state index in [1.165, 1.54) is 12.1 Å². The SMILES string of the molecule is CCCC[N+]1(c2cccc3ccc(C(F)(F)F)cc23)C=CC=N1. The number of unbranched alkanes of at least 4 members (excludes halogenated alkanes) is 1. The Morgan fingerprint density at radius 1 is 1.13 bits per heavy atom. The van der Waals surface area contributed by atoms with Gasteiger partial charge >= 0.3 is 6.18 Å². The molecule has 23 heavy (non-hydrogen) atoms. The fourth-order valence-electron chi connectivity index (χ4n) is 2.94. The van der Waals surface area contributed by atoms with Crippen LogP contribution in [0.15, 0.2) is 53.8 Å². The third-order valence-corrected chi connectivity index (χ3v) is 4.15. The summed E-state index contributed by atoms with van der Waals surface area (Å²) in [4.78, 5) is 0. The van der Waals surface area contributed by atoms with Gasteiger partial charge in [-0.05, 0) is 23.9 Å². The van der Waals surface area contributed by atoms with E-state index in [1.807, 2.05) is 30.5 Å². The predicted octanol–water partition coefficient (Wildman–Crippen LogP) is 5.48.